The normalized spacial score (nSPS) is 10.3. The SMILES string of the molecule is CC(C)NC(=O)CCOc1c(N)cccc1C(=O)O. The molecule has 19 heavy (non-hydrogen) atoms. The van der Waals surface area contributed by atoms with Crippen molar-refractivity contribution < 1.29 is 19.4 Å². The quantitative estimate of drug-likeness (QED) is 0.673. The first-order chi connectivity index (χ1) is 8.91. The average molecular weight is 266 g/mol. The summed E-state index contributed by atoms with van der Waals surface area (Å²) in [6.07, 6.45) is 0.144. The van der Waals surface area contributed by atoms with Gasteiger partial charge in [0.05, 0.1) is 18.7 Å². The summed E-state index contributed by atoms with van der Waals surface area (Å²) in [6, 6.07) is 4.55. The number of carbonyl (C=O) groups excluding carboxylic acids is 1. The summed E-state index contributed by atoms with van der Waals surface area (Å²) in [5.41, 5.74) is 5.90. The molecule has 0 spiro atoms. The highest BCUT2D eigenvalue weighted by Gasteiger charge is 2.14. The zero-order valence-electron chi connectivity index (χ0n) is 11.0. The molecule has 0 aromatic heterocycles. The Balaban J connectivity index is 2.63. The Bertz CT molecular complexity index is 472. The molecule has 0 heterocycles. The molecule has 0 aliphatic rings. The first-order valence-electron chi connectivity index (χ1n) is 5.95. The largest absolute Gasteiger partial charge is 0.490 e. The van der Waals surface area contributed by atoms with E-state index in [2.05, 4.69) is 5.32 Å². The van der Waals surface area contributed by atoms with Gasteiger partial charge >= 0.3 is 5.97 Å². The maximum Gasteiger partial charge on any atom is 0.339 e. The third kappa shape index (κ3) is 4.50. The summed E-state index contributed by atoms with van der Waals surface area (Å²) in [7, 11) is 0. The molecule has 1 aromatic carbocycles. The number of aromatic carboxylic acids is 1. The van der Waals surface area contributed by atoms with Gasteiger partial charge in [0.25, 0.3) is 0 Å². The number of para-hydroxylation sites is 1. The lowest BCUT2D eigenvalue weighted by molar-refractivity contribution is -0.122. The Hall–Kier alpha value is -2.24. The molecule has 4 N–H and O–H groups in total. The number of nitrogen functional groups attached to an aromatic ring is 1. The monoisotopic (exact) mass is 266 g/mol. The van der Waals surface area contributed by atoms with E-state index in [-0.39, 0.29) is 42.0 Å². The predicted octanol–water partition coefficient (Wildman–Crippen LogP) is 1.26. The number of ether oxygens (including phenoxy) is 1. The summed E-state index contributed by atoms with van der Waals surface area (Å²) >= 11 is 0. The molecule has 6 nitrogen and oxygen atoms in total. The van der Waals surface area contributed by atoms with Gasteiger partial charge in [-0.1, -0.05) is 6.07 Å². The standard InChI is InChI=1S/C13H18N2O4/c1-8(2)15-11(16)6-7-19-12-9(13(17)18)4-3-5-10(12)14/h3-5,8H,6-7,14H2,1-2H3,(H,15,16)(H,17,18). The van der Waals surface area contributed by atoms with Gasteiger partial charge in [0, 0.05) is 6.04 Å². The van der Waals surface area contributed by atoms with Crippen molar-refractivity contribution in [2.45, 2.75) is 26.3 Å². The van der Waals surface area contributed by atoms with Gasteiger partial charge in [-0.15, -0.1) is 0 Å². The van der Waals surface area contributed by atoms with Gasteiger partial charge in [-0.3, -0.25) is 4.79 Å². The van der Waals surface area contributed by atoms with Gasteiger partial charge in [0.1, 0.15) is 5.56 Å². The number of carbonyl (C=O) groups is 2. The summed E-state index contributed by atoms with van der Waals surface area (Å²) in [5.74, 6) is -1.16. The van der Waals surface area contributed by atoms with Gasteiger partial charge in [-0.05, 0) is 26.0 Å². The lowest BCUT2D eigenvalue weighted by Gasteiger charge is -2.12. The van der Waals surface area contributed by atoms with Gasteiger partial charge in [0.15, 0.2) is 5.75 Å². The fourth-order valence-electron chi connectivity index (χ4n) is 1.52. The van der Waals surface area contributed by atoms with Crippen LogP contribution in [0.1, 0.15) is 30.6 Å². The number of carboxylic acids is 1. The van der Waals surface area contributed by atoms with E-state index < -0.39 is 5.97 Å². The van der Waals surface area contributed by atoms with E-state index in [1.807, 2.05) is 13.8 Å². The molecule has 104 valence electrons. The van der Waals surface area contributed by atoms with E-state index in [0.29, 0.717) is 0 Å². The van der Waals surface area contributed by atoms with E-state index in [1.165, 1.54) is 12.1 Å². The van der Waals surface area contributed by atoms with Gasteiger partial charge in [-0.25, -0.2) is 4.79 Å². The molecule has 0 saturated carbocycles. The second-order valence-corrected chi connectivity index (χ2v) is 4.35. The number of hydrogen-bond acceptors (Lipinski definition) is 4. The minimum atomic E-state index is -1.12. The molecular weight excluding hydrogens is 248 g/mol. The number of rotatable bonds is 6. The number of anilines is 1. The van der Waals surface area contributed by atoms with Crippen LogP contribution in [-0.2, 0) is 4.79 Å². The van der Waals surface area contributed by atoms with Gasteiger partial charge in [0.2, 0.25) is 5.91 Å². The van der Waals surface area contributed by atoms with Crippen molar-refractivity contribution in [2.24, 2.45) is 0 Å². The Morgan fingerprint density at radius 2 is 2.11 bits per heavy atom. The molecular formula is C13H18N2O4. The Morgan fingerprint density at radius 1 is 1.42 bits per heavy atom. The van der Waals surface area contributed by atoms with Crippen molar-refractivity contribution in [3.05, 3.63) is 23.8 Å². The number of carboxylic acid groups (broad SMARTS) is 1. The van der Waals surface area contributed by atoms with Gasteiger partial charge in [-0.2, -0.15) is 0 Å². The average Bonchev–Trinajstić information content (AvgIpc) is 2.29. The molecule has 0 saturated heterocycles. The van der Waals surface area contributed by atoms with Crippen molar-refractivity contribution in [2.75, 3.05) is 12.3 Å². The molecule has 0 aliphatic carbocycles. The van der Waals surface area contributed by atoms with E-state index in [4.69, 9.17) is 15.6 Å². The van der Waals surface area contributed by atoms with E-state index in [9.17, 15) is 9.59 Å². The number of nitrogens with two attached hydrogens (primary N) is 1. The molecule has 0 aliphatic heterocycles. The maximum absolute atomic E-state index is 11.4. The van der Waals surface area contributed by atoms with Crippen LogP contribution in [0, 0.1) is 0 Å². The highest BCUT2D eigenvalue weighted by atomic mass is 16.5. The highest BCUT2D eigenvalue weighted by Crippen LogP contribution is 2.26. The molecule has 1 aromatic rings. The van der Waals surface area contributed by atoms with Crippen molar-refractivity contribution in [1.29, 1.82) is 0 Å². The number of amides is 1. The maximum atomic E-state index is 11.4. The second-order valence-electron chi connectivity index (χ2n) is 4.35. The number of hydrogen-bond donors (Lipinski definition) is 3. The van der Waals surface area contributed by atoms with Crippen molar-refractivity contribution in [3.8, 4) is 5.75 Å². The molecule has 0 unspecified atom stereocenters. The van der Waals surface area contributed by atoms with Crippen LogP contribution in [0.25, 0.3) is 0 Å². The van der Waals surface area contributed by atoms with Crippen LogP contribution in [0.4, 0.5) is 5.69 Å². The zero-order chi connectivity index (χ0) is 14.4. The lowest BCUT2D eigenvalue weighted by Crippen LogP contribution is -2.31. The first-order valence-corrected chi connectivity index (χ1v) is 5.95. The predicted molar refractivity (Wildman–Crippen MR) is 71.2 cm³/mol. The van der Waals surface area contributed by atoms with Crippen LogP contribution in [0.3, 0.4) is 0 Å². The Labute approximate surface area is 111 Å². The fourth-order valence-corrected chi connectivity index (χ4v) is 1.52. The Morgan fingerprint density at radius 3 is 2.68 bits per heavy atom. The molecule has 1 amide bonds. The van der Waals surface area contributed by atoms with E-state index in [1.54, 1.807) is 6.07 Å². The zero-order valence-corrected chi connectivity index (χ0v) is 11.0. The van der Waals surface area contributed by atoms with Crippen LogP contribution in [0.5, 0.6) is 5.75 Å². The number of benzene rings is 1. The fraction of sp³-hybridized carbons (Fsp3) is 0.385. The first kappa shape index (κ1) is 14.8. The lowest BCUT2D eigenvalue weighted by atomic mass is 10.2. The highest BCUT2D eigenvalue weighted by molar-refractivity contribution is 5.93. The van der Waals surface area contributed by atoms with Crippen LogP contribution in [0.2, 0.25) is 0 Å². The van der Waals surface area contributed by atoms with Crippen molar-refractivity contribution in [3.63, 3.8) is 0 Å². The number of nitrogens with one attached hydrogen (secondary N) is 1. The minimum absolute atomic E-state index is 0.00994. The summed E-state index contributed by atoms with van der Waals surface area (Å²) in [5, 5.41) is 11.7. The van der Waals surface area contributed by atoms with Crippen LogP contribution in [0.15, 0.2) is 18.2 Å². The topological polar surface area (TPSA) is 102 Å². The summed E-state index contributed by atoms with van der Waals surface area (Å²) in [6.45, 7) is 3.79. The van der Waals surface area contributed by atoms with E-state index in [0.717, 1.165) is 0 Å². The molecule has 0 radical (unpaired) electrons. The molecule has 0 bridgehead atoms. The minimum Gasteiger partial charge on any atom is -0.490 e. The van der Waals surface area contributed by atoms with E-state index >= 15 is 0 Å². The summed E-state index contributed by atoms with van der Waals surface area (Å²) < 4.78 is 5.31. The van der Waals surface area contributed by atoms with Crippen molar-refractivity contribution >= 4 is 17.6 Å². The molecule has 6 heteroatoms. The second kappa shape index (κ2) is 6.63. The Kier molecular flexibility index (Phi) is 5.17. The van der Waals surface area contributed by atoms with Gasteiger partial charge < -0.3 is 20.9 Å². The third-order valence-electron chi connectivity index (χ3n) is 2.30. The van der Waals surface area contributed by atoms with Crippen LogP contribution >= 0.6 is 0 Å². The molecule has 0 atom stereocenters. The van der Waals surface area contributed by atoms with Crippen molar-refractivity contribution in [1.82, 2.24) is 5.32 Å². The smallest absolute Gasteiger partial charge is 0.339 e. The molecule has 1 rings (SSSR count). The third-order valence-corrected chi connectivity index (χ3v) is 2.30. The van der Waals surface area contributed by atoms with Crippen LogP contribution < -0.4 is 15.8 Å². The summed E-state index contributed by atoms with van der Waals surface area (Å²) in [4.78, 5) is 22.4. The van der Waals surface area contributed by atoms with Crippen LogP contribution in [-0.4, -0.2) is 29.6 Å². The molecule has 0 fully saturated rings.